The number of nitrogens with one attached hydrogen (secondary N) is 2. The van der Waals surface area contributed by atoms with Crippen molar-refractivity contribution in [2.75, 3.05) is 0 Å². The van der Waals surface area contributed by atoms with E-state index in [0.29, 0.717) is 0 Å². The Morgan fingerprint density at radius 3 is 2.67 bits per heavy atom. The molecule has 21 heavy (non-hydrogen) atoms. The van der Waals surface area contributed by atoms with Gasteiger partial charge in [0.1, 0.15) is 5.82 Å². The molecule has 1 amide bonds. The molecule has 0 spiro atoms. The van der Waals surface area contributed by atoms with Gasteiger partial charge in [-0.1, -0.05) is 43.7 Å². The van der Waals surface area contributed by atoms with Gasteiger partial charge in [-0.15, -0.1) is 0 Å². The summed E-state index contributed by atoms with van der Waals surface area (Å²) in [5, 5.41) is 3.18. The molecular weight excluding hydrogens is 262 g/mol. The first-order valence-electron chi connectivity index (χ1n) is 7.62. The van der Waals surface area contributed by atoms with Crippen molar-refractivity contribution in [2.24, 2.45) is 0 Å². The molecule has 0 bridgehead atoms. The fourth-order valence-electron chi connectivity index (χ4n) is 3.06. The van der Waals surface area contributed by atoms with Gasteiger partial charge in [0.25, 0.3) is 0 Å². The molecule has 3 rings (SSSR count). The lowest BCUT2D eigenvalue weighted by Crippen LogP contribution is -2.50. The van der Waals surface area contributed by atoms with Gasteiger partial charge in [0.05, 0.1) is 11.5 Å². The zero-order valence-corrected chi connectivity index (χ0v) is 12.3. The van der Waals surface area contributed by atoms with Crippen molar-refractivity contribution in [2.45, 2.75) is 44.1 Å². The number of carbonyl (C=O) groups is 1. The van der Waals surface area contributed by atoms with Crippen LogP contribution < -0.4 is 5.32 Å². The fraction of sp³-hybridized carbons (Fsp3) is 0.412. The number of hydrogen-bond donors (Lipinski definition) is 2. The van der Waals surface area contributed by atoms with Crippen molar-refractivity contribution in [1.29, 1.82) is 0 Å². The van der Waals surface area contributed by atoms with E-state index in [1.54, 1.807) is 12.4 Å². The minimum atomic E-state index is -0.346. The number of benzene rings is 1. The summed E-state index contributed by atoms with van der Waals surface area (Å²) in [6.45, 7) is 2.06. The minimum Gasteiger partial charge on any atom is -0.347 e. The van der Waals surface area contributed by atoms with E-state index >= 15 is 0 Å². The van der Waals surface area contributed by atoms with Crippen molar-refractivity contribution in [3.63, 3.8) is 0 Å². The summed E-state index contributed by atoms with van der Waals surface area (Å²) < 4.78 is 0. The van der Waals surface area contributed by atoms with Crippen LogP contribution >= 0.6 is 0 Å². The smallest absolute Gasteiger partial charge is 0.231 e. The normalized spacial score (nSPS) is 17.8. The third-order valence-corrected chi connectivity index (χ3v) is 4.53. The van der Waals surface area contributed by atoms with Gasteiger partial charge in [-0.2, -0.15) is 0 Å². The molecule has 1 saturated carbocycles. The predicted octanol–water partition coefficient (Wildman–Crippen LogP) is 3.10. The van der Waals surface area contributed by atoms with Gasteiger partial charge >= 0.3 is 0 Å². The summed E-state index contributed by atoms with van der Waals surface area (Å²) in [4.78, 5) is 20.2. The average molecular weight is 283 g/mol. The van der Waals surface area contributed by atoms with Gasteiger partial charge in [-0.25, -0.2) is 4.98 Å². The number of aromatic nitrogens is 2. The molecule has 2 N–H and O–H groups in total. The molecule has 1 heterocycles. The van der Waals surface area contributed by atoms with E-state index in [1.807, 2.05) is 18.2 Å². The summed E-state index contributed by atoms with van der Waals surface area (Å²) in [6, 6.07) is 10.1. The van der Waals surface area contributed by atoms with Crippen molar-refractivity contribution >= 4 is 5.91 Å². The Morgan fingerprint density at radius 2 is 2.14 bits per heavy atom. The molecule has 0 aliphatic heterocycles. The zero-order chi connectivity index (χ0) is 14.7. The van der Waals surface area contributed by atoms with E-state index in [0.717, 1.165) is 37.1 Å². The predicted molar refractivity (Wildman–Crippen MR) is 81.7 cm³/mol. The lowest BCUT2D eigenvalue weighted by atomic mass is 9.63. The standard InChI is InChI=1S/C17H21N3O/c1-2-14(15-18-11-12-19-15)20-16(21)17(9-6-10-17)13-7-4-3-5-8-13/h3-5,7-8,11-12,14H,2,6,9-10H2,1H3,(H,18,19)(H,20,21). The Morgan fingerprint density at radius 1 is 1.38 bits per heavy atom. The molecule has 0 radical (unpaired) electrons. The molecule has 4 heteroatoms. The summed E-state index contributed by atoms with van der Waals surface area (Å²) >= 11 is 0. The van der Waals surface area contributed by atoms with Crippen molar-refractivity contribution < 1.29 is 4.79 Å². The highest BCUT2D eigenvalue weighted by atomic mass is 16.2. The first kappa shape index (κ1) is 13.9. The highest BCUT2D eigenvalue weighted by Gasteiger charge is 2.46. The molecule has 110 valence electrons. The molecule has 1 aromatic heterocycles. The summed E-state index contributed by atoms with van der Waals surface area (Å²) in [5.41, 5.74) is 0.782. The maximum atomic E-state index is 12.9. The third-order valence-electron chi connectivity index (χ3n) is 4.53. The Kier molecular flexibility index (Phi) is 3.78. The Balaban J connectivity index is 1.80. The van der Waals surface area contributed by atoms with Crippen LogP contribution in [0.1, 0.15) is 50.0 Å². The molecule has 1 aliphatic rings. The second-order valence-corrected chi connectivity index (χ2v) is 5.71. The number of rotatable bonds is 5. The maximum absolute atomic E-state index is 12.9. The number of nitrogens with zero attached hydrogens (tertiary/aromatic N) is 1. The number of H-pyrrole nitrogens is 1. The minimum absolute atomic E-state index is 0.0475. The summed E-state index contributed by atoms with van der Waals surface area (Å²) in [6.07, 6.45) is 7.31. The molecular formula is C17H21N3O. The molecule has 1 atom stereocenters. The van der Waals surface area contributed by atoms with E-state index in [4.69, 9.17) is 0 Å². The average Bonchev–Trinajstić information content (AvgIpc) is 2.99. The van der Waals surface area contributed by atoms with Gasteiger partial charge < -0.3 is 10.3 Å². The van der Waals surface area contributed by atoms with Crippen LogP contribution in [0.4, 0.5) is 0 Å². The van der Waals surface area contributed by atoms with Crippen molar-refractivity contribution in [3.8, 4) is 0 Å². The summed E-state index contributed by atoms with van der Waals surface area (Å²) in [5.74, 6) is 0.955. The van der Waals surface area contributed by atoms with E-state index in [-0.39, 0.29) is 17.4 Å². The summed E-state index contributed by atoms with van der Waals surface area (Å²) in [7, 11) is 0. The van der Waals surface area contributed by atoms with Crippen LogP contribution in [0, 0.1) is 0 Å². The Hall–Kier alpha value is -2.10. The van der Waals surface area contributed by atoms with Gasteiger partial charge in [0.2, 0.25) is 5.91 Å². The highest BCUT2D eigenvalue weighted by Crippen LogP contribution is 2.44. The van der Waals surface area contributed by atoms with Crippen molar-refractivity contribution in [3.05, 3.63) is 54.1 Å². The molecule has 1 fully saturated rings. The number of amides is 1. The zero-order valence-electron chi connectivity index (χ0n) is 12.3. The SMILES string of the molecule is CCC(NC(=O)C1(c2ccccc2)CCC1)c1ncc[nH]1. The van der Waals surface area contributed by atoms with E-state index in [1.165, 1.54) is 0 Å². The number of imidazole rings is 1. The second kappa shape index (κ2) is 5.72. The first-order chi connectivity index (χ1) is 10.3. The number of aromatic amines is 1. The van der Waals surface area contributed by atoms with Gasteiger partial charge in [0, 0.05) is 12.4 Å². The topological polar surface area (TPSA) is 57.8 Å². The van der Waals surface area contributed by atoms with Crippen LogP contribution in [0.2, 0.25) is 0 Å². The van der Waals surface area contributed by atoms with Crippen LogP contribution in [-0.2, 0) is 10.2 Å². The highest BCUT2D eigenvalue weighted by molar-refractivity contribution is 5.89. The number of hydrogen-bond acceptors (Lipinski definition) is 2. The van der Waals surface area contributed by atoms with E-state index in [2.05, 4.69) is 34.3 Å². The molecule has 0 saturated heterocycles. The van der Waals surface area contributed by atoms with E-state index < -0.39 is 0 Å². The van der Waals surface area contributed by atoms with Gasteiger partial charge in [-0.3, -0.25) is 4.79 Å². The van der Waals surface area contributed by atoms with Gasteiger partial charge in [-0.05, 0) is 24.8 Å². The monoisotopic (exact) mass is 283 g/mol. The lowest BCUT2D eigenvalue weighted by molar-refractivity contribution is -0.130. The van der Waals surface area contributed by atoms with E-state index in [9.17, 15) is 4.79 Å². The van der Waals surface area contributed by atoms with Gasteiger partial charge in [0.15, 0.2) is 0 Å². The lowest BCUT2D eigenvalue weighted by Gasteiger charge is -2.41. The molecule has 4 nitrogen and oxygen atoms in total. The molecule has 1 aliphatic carbocycles. The van der Waals surface area contributed by atoms with Crippen LogP contribution in [0.25, 0.3) is 0 Å². The third kappa shape index (κ3) is 2.46. The Labute approximate surface area is 125 Å². The second-order valence-electron chi connectivity index (χ2n) is 5.71. The first-order valence-corrected chi connectivity index (χ1v) is 7.62. The Bertz CT molecular complexity index is 588. The molecule has 1 unspecified atom stereocenters. The van der Waals surface area contributed by atoms with Crippen LogP contribution in [0.5, 0.6) is 0 Å². The van der Waals surface area contributed by atoms with Crippen LogP contribution in [-0.4, -0.2) is 15.9 Å². The molecule has 2 aromatic rings. The fourth-order valence-corrected chi connectivity index (χ4v) is 3.06. The molecule has 1 aromatic carbocycles. The number of carbonyl (C=O) groups excluding carboxylic acids is 1. The largest absolute Gasteiger partial charge is 0.347 e. The quantitative estimate of drug-likeness (QED) is 0.886. The van der Waals surface area contributed by atoms with Crippen LogP contribution in [0.3, 0.4) is 0 Å². The van der Waals surface area contributed by atoms with Crippen LogP contribution in [0.15, 0.2) is 42.7 Å². The van der Waals surface area contributed by atoms with Crippen molar-refractivity contribution in [1.82, 2.24) is 15.3 Å². The maximum Gasteiger partial charge on any atom is 0.231 e.